The number of carbonyl (C=O) groups excluding carboxylic acids is 1. The number of carbonyl (C=O) groups is 1. The molecule has 0 radical (unpaired) electrons. The van der Waals surface area contributed by atoms with Gasteiger partial charge in [0.2, 0.25) is 15.9 Å². The molecule has 1 amide bonds. The summed E-state index contributed by atoms with van der Waals surface area (Å²) >= 11 is 6.06. The number of rotatable bonds is 4. The molecule has 3 rings (SSSR count). The van der Waals surface area contributed by atoms with Crippen LogP contribution in [0.3, 0.4) is 0 Å². The molecule has 7 heteroatoms. The number of sulfonamides is 1. The van der Waals surface area contributed by atoms with Crippen molar-refractivity contribution in [1.82, 2.24) is 9.21 Å². The van der Waals surface area contributed by atoms with Crippen LogP contribution in [0.2, 0.25) is 5.02 Å². The molecular weight excluding hydrogens is 336 g/mol. The normalized spacial score (nSPS) is 20.3. The van der Waals surface area contributed by atoms with Crippen LogP contribution < -0.4 is 0 Å². The topological polar surface area (TPSA) is 57.7 Å². The van der Waals surface area contributed by atoms with Gasteiger partial charge in [0.25, 0.3) is 0 Å². The molecule has 0 spiro atoms. The molecule has 5 nitrogen and oxygen atoms in total. The van der Waals surface area contributed by atoms with Crippen LogP contribution in [-0.2, 0) is 20.6 Å². The van der Waals surface area contributed by atoms with E-state index in [1.165, 1.54) is 4.31 Å². The first-order chi connectivity index (χ1) is 11.0. The number of piperazine rings is 1. The van der Waals surface area contributed by atoms with E-state index < -0.39 is 10.0 Å². The molecule has 2 aliphatic rings. The van der Waals surface area contributed by atoms with E-state index in [1.807, 2.05) is 4.90 Å². The lowest BCUT2D eigenvalue weighted by molar-refractivity contribution is -0.139. The van der Waals surface area contributed by atoms with Gasteiger partial charge in [-0.25, -0.2) is 8.42 Å². The molecule has 0 N–H and O–H groups in total. The highest BCUT2D eigenvalue weighted by Crippen LogP contribution is 2.29. The zero-order chi connectivity index (χ0) is 16.4. The van der Waals surface area contributed by atoms with Crippen molar-refractivity contribution in [2.45, 2.75) is 25.0 Å². The number of halogens is 1. The third-order valence-electron chi connectivity index (χ3n) is 4.69. The van der Waals surface area contributed by atoms with Gasteiger partial charge in [-0.05, 0) is 24.5 Å². The first-order valence-electron chi connectivity index (χ1n) is 7.97. The van der Waals surface area contributed by atoms with E-state index in [1.54, 1.807) is 24.3 Å². The zero-order valence-corrected chi connectivity index (χ0v) is 14.5. The molecule has 1 aliphatic heterocycles. The molecule has 126 valence electrons. The van der Waals surface area contributed by atoms with Crippen molar-refractivity contribution >= 4 is 27.5 Å². The number of hydrogen-bond donors (Lipinski definition) is 0. The third-order valence-corrected chi connectivity index (χ3v) is 6.89. The number of hydrogen-bond acceptors (Lipinski definition) is 3. The fourth-order valence-electron chi connectivity index (χ4n) is 3.00. The Balaban J connectivity index is 1.60. The average Bonchev–Trinajstić information content (AvgIpc) is 2.48. The van der Waals surface area contributed by atoms with E-state index in [9.17, 15) is 13.2 Å². The molecule has 0 unspecified atom stereocenters. The largest absolute Gasteiger partial charge is 0.340 e. The molecule has 0 bridgehead atoms. The van der Waals surface area contributed by atoms with Crippen LogP contribution in [0.25, 0.3) is 0 Å². The maximum atomic E-state index is 12.5. The second-order valence-corrected chi connectivity index (χ2v) is 8.58. The summed E-state index contributed by atoms with van der Waals surface area (Å²) < 4.78 is 26.6. The smallest absolute Gasteiger partial charge is 0.225 e. The lowest BCUT2D eigenvalue weighted by Gasteiger charge is -2.37. The molecule has 0 atom stereocenters. The predicted octanol–water partition coefficient (Wildman–Crippen LogP) is 2.11. The van der Waals surface area contributed by atoms with Gasteiger partial charge in [-0.15, -0.1) is 0 Å². The van der Waals surface area contributed by atoms with Gasteiger partial charge in [0, 0.05) is 37.1 Å². The van der Waals surface area contributed by atoms with Gasteiger partial charge in [-0.3, -0.25) is 4.79 Å². The number of benzene rings is 1. The lowest BCUT2D eigenvalue weighted by atomic mass is 9.84. The van der Waals surface area contributed by atoms with Crippen molar-refractivity contribution < 1.29 is 13.2 Å². The Morgan fingerprint density at radius 3 is 2.35 bits per heavy atom. The van der Waals surface area contributed by atoms with Gasteiger partial charge in [-0.2, -0.15) is 4.31 Å². The summed E-state index contributed by atoms with van der Waals surface area (Å²) in [5.74, 6) is 0.268. The quantitative estimate of drug-likeness (QED) is 0.830. The summed E-state index contributed by atoms with van der Waals surface area (Å²) in [6.45, 7) is 1.70. The average molecular weight is 357 g/mol. The second-order valence-electron chi connectivity index (χ2n) is 6.20. The van der Waals surface area contributed by atoms with Crippen molar-refractivity contribution in [3.63, 3.8) is 0 Å². The minimum absolute atomic E-state index is 0.0940. The molecule has 1 saturated carbocycles. The Hall–Kier alpha value is -1.11. The maximum absolute atomic E-state index is 12.5. The van der Waals surface area contributed by atoms with Crippen LogP contribution in [0.15, 0.2) is 24.3 Å². The van der Waals surface area contributed by atoms with Crippen LogP contribution in [0.4, 0.5) is 0 Å². The first kappa shape index (κ1) is 16.7. The molecule has 1 aromatic rings. The molecule has 1 saturated heterocycles. The lowest BCUT2D eigenvalue weighted by Crippen LogP contribution is -2.52. The summed E-state index contributed by atoms with van der Waals surface area (Å²) in [6.07, 6.45) is 3.08. The van der Waals surface area contributed by atoms with Gasteiger partial charge in [-0.1, -0.05) is 36.2 Å². The van der Waals surface area contributed by atoms with Crippen LogP contribution in [-0.4, -0.2) is 49.7 Å². The fraction of sp³-hybridized carbons (Fsp3) is 0.562. The molecule has 0 aromatic heterocycles. The van der Waals surface area contributed by atoms with E-state index in [4.69, 9.17) is 11.6 Å². The predicted molar refractivity (Wildman–Crippen MR) is 89.6 cm³/mol. The summed E-state index contributed by atoms with van der Waals surface area (Å²) in [7, 11) is -3.41. The van der Waals surface area contributed by atoms with Crippen molar-refractivity contribution in [2.24, 2.45) is 5.92 Å². The van der Waals surface area contributed by atoms with E-state index in [-0.39, 0.29) is 17.6 Å². The SMILES string of the molecule is O=C(C1CCC1)N1CCN(S(=O)(=O)Cc2ccccc2Cl)CC1. The van der Waals surface area contributed by atoms with Gasteiger partial charge < -0.3 is 4.90 Å². The Labute approximate surface area is 142 Å². The third kappa shape index (κ3) is 3.70. The van der Waals surface area contributed by atoms with Crippen LogP contribution in [0.5, 0.6) is 0 Å². The van der Waals surface area contributed by atoms with Crippen LogP contribution >= 0.6 is 11.6 Å². The molecule has 1 aliphatic carbocycles. The summed E-state index contributed by atoms with van der Waals surface area (Å²) in [5, 5.41) is 0.467. The molecular formula is C16H21ClN2O3S. The minimum atomic E-state index is -3.41. The van der Waals surface area contributed by atoms with Crippen molar-refractivity contribution in [3.05, 3.63) is 34.9 Å². The van der Waals surface area contributed by atoms with Crippen molar-refractivity contribution in [3.8, 4) is 0 Å². The Morgan fingerprint density at radius 2 is 1.78 bits per heavy atom. The maximum Gasteiger partial charge on any atom is 0.225 e. The standard InChI is InChI=1S/C16H21ClN2O3S/c17-15-7-2-1-4-14(15)12-23(21,22)19-10-8-18(9-11-19)16(20)13-5-3-6-13/h1-2,4,7,13H,3,5-6,8-12H2. The van der Waals surface area contributed by atoms with Crippen molar-refractivity contribution in [1.29, 1.82) is 0 Å². The van der Waals surface area contributed by atoms with Gasteiger partial charge in [0.1, 0.15) is 0 Å². The summed E-state index contributed by atoms with van der Waals surface area (Å²) in [5.41, 5.74) is 0.613. The van der Waals surface area contributed by atoms with Gasteiger partial charge >= 0.3 is 0 Å². The monoisotopic (exact) mass is 356 g/mol. The molecule has 23 heavy (non-hydrogen) atoms. The first-order valence-corrected chi connectivity index (χ1v) is 9.96. The fourth-order valence-corrected chi connectivity index (χ4v) is 4.83. The molecule has 2 fully saturated rings. The number of amides is 1. The van der Waals surface area contributed by atoms with Crippen LogP contribution in [0.1, 0.15) is 24.8 Å². The highest BCUT2D eigenvalue weighted by atomic mass is 35.5. The van der Waals surface area contributed by atoms with Gasteiger partial charge in [0.05, 0.1) is 5.75 Å². The minimum Gasteiger partial charge on any atom is -0.340 e. The van der Waals surface area contributed by atoms with E-state index in [0.29, 0.717) is 36.8 Å². The Kier molecular flexibility index (Phi) is 4.94. The van der Waals surface area contributed by atoms with E-state index in [0.717, 1.165) is 19.3 Å². The zero-order valence-electron chi connectivity index (χ0n) is 12.9. The Morgan fingerprint density at radius 1 is 1.13 bits per heavy atom. The summed E-state index contributed by atoms with van der Waals surface area (Å²) in [6, 6.07) is 6.99. The van der Waals surface area contributed by atoms with Crippen molar-refractivity contribution in [2.75, 3.05) is 26.2 Å². The highest BCUT2D eigenvalue weighted by Gasteiger charge is 2.33. The summed E-state index contributed by atoms with van der Waals surface area (Å²) in [4.78, 5) is 14.0. The highest BCUT2D eigenvalue weighted by molar-refractivity contribution is 7.88. The number of nitrogens with zero attached hydrogens (tertiary/aromatic N) is 2. The molecule has 1 aromatic carbocycles. The second kappa shape index (κ2) is 6.79. The van der Waals surface area contributed by atoms with Crippen LogP contribution in [0, 0.1) is 5.92 Å². The Bertz CT molecular complexity index is 680. The van der Waals surface area contributed by atoms with E-state index >= 15 is 0 Å². The van der Waals surface area contributed by atoms with E-state index in [2.05, 4.69) is 0 Å². The van der Waals surface area contributed by atoms with Gasteiger partial charge in [0.15, 0.2) is 0 Å². The molecule has 1 heterocycles.